The van der Waals surface area contributed by atoms with E-state index < -0.39 is 5.67 Å². The molecular weight excluding hydrogens is 299 g/mol. The van der Waals surface area contributed by atoms with E-state index in [1.54, 1.807) is 24.3 Å². The molecule has 24 heavy (non-hydrogen) atoms. The summed E-state index contributed by atoms with van der Waals surface area (Å²) in [7, 11) is 0. The van der Waals surface area contributed by atoms with Crippen LogP contribution in [-0.2, 0) is 5.67 Å². The molecule has 0 amide bonds. The molecule has 3 heteroatoms. The average molecular weight is 320 g/mol. The van der Waals surface area contributed by atoms with E-state index in [4.69, 9.17) is 5.26 Å². The Hall–Kier alpha value is -2.60. The summed E-state index contributed by atoms with van der Waals surface area (Å²) in [6.45, 7) is 7.53. The van der Waals surface area contributed by atoms with Crippen molar-refractivity contribution < 1.29 is 4.39 Å². The third-order valence-corrected chi connectivity index (χ3v) is 4.85. The van der Waals surface area contributed by atoms with Gasteiger partial charge in [0.2, 0.25) is 0 Å². The molecule has 0 unspecified atom stereocenters. The molecule has 2 aromatic carbocycles. The molecule has 0 spiro atoms. The smallest absolute Gasteiger partial charge is 0.139 e. The monoisotopic (exact) mass is 320 g/mol. The number of nitrogens with zero attached hydrogens (tertiary/aromatic N) is 2. The van der Waals surface area contributed by atoms with Crippen molar-refractivity contribution in [3.8, 4) is 6.07 Å². The van der Waals surface area contributed by atoms with Crippen LogP contribution >= 0.6 is 0 Å². The summed E-state index contributed by atoms with van der Waals surface area (Å²) in [6.07, 6.45) is 0.869. The van der Waals surface area contributed by atoms with Gasteiger partial charge in [0, 0.05) is 31.6 Å². The van der Waals surface area contributed by atoms with E-state index in [1.807, 2.05) is 0 Å². The maximum atomic E-state index is 15.3. The molecule has 1 aliphatic rings. The van der Waals surface area contributed by atoms with Crippen LogP contribution in [0.5, 0.6) is 0 Å². The number of benzene rings is 2. The molecule has 0 atom stereocenters. The van der Waals surface area contributed by atoms with Crippen molar-refractivity contribution in [1.82, 2.24) is 4.90 Å². The number of rotatable bonds is 3. The molecule has 0 saturated carbocycles. The standard InChI is InChI=1S/C21H21FN2/c1-16-3-7-19(8-4-16)17(2)24-13-11-21(22,12-14-24)20-9-5-18(15-23)6-10-20/h3-10H,2,11-14H2,1H3. The second-order valence-corrected chi connectivity index (χ2v) is 6.45. The Morgan fingerprint density at radius 3 is 2.21 bits per heavy atom. The Kier molecular flexibility index (Phi) is 4.40. The second-order valence-electron chi connectivity index (χ2n) is 6.45. The van der Waals surface area contributed by atoms with Gasteiger partial charge in [0.15, 0.2) is 0 Å². The highest BCUT2D eigenvalue weighted by Crippen LogP contribution is 2.38. The van der Waals surface area contributed by atoms with E-state index in [0.29, 0.717) is 37.1 Å². The molecule has 1 fully saturated rings. The topological polar surface area (TPSA) is 27.0 Å². The van der Waals surface area contributed by atoms with Crippen molar-refractivity contribution in [2.24, 2.45) is 0 Å². The first-order valence-corrected chi connectivity index (χ1v) is 8.22. The first-order chi connectivity index (χ1) is 11.5. The van der Waals surface area contributed by atoms with Crippen molar-refractivity contribution in [2.45, 2.75) is 25.4 Å². The van der Waals surface area contributed by atoms with Crippen LogP contribution < -0.4 is 0 Å². The number of piperidine rings is 1. The number of likely N-dealkylation sites (tertiary alicyclic amines) is 1. The summed E-state index contributed by atoms with van der Waals surface area (Å²) in [5.41, 5.74) is 3.17. The van der Waals surface area contributed by atoms with Gasteiger partial charge in [-0.3, -0.25) is 0 Å². The second kappa shape index (κ2) is 6.49. The highest BCUT2D eigenvalue weighted by atomic mass is 19.1. The minimum atomic E-state index is -1.32. The van der Waals surface area contributed by atoms with E-state index in [-0.39, 0.29) is 0 Å². The van der Waals surface area contributed by atoms with Crippen LogP contribution in [0.25, 0.3) is 5.70 Å². The predicted octanol–water partition coefficient (Wildman–Crippen LogP) is 4.80. The molecule has 2 aromatic rings. The maximum Gasteiger partial charge on any atom is 0.139 e. The van der Waals surface area contributed by atoms with Crippen LogP contribution in [0.3, 0.4) is 0 Å². The van der Waals surface area contributed by atoms with Gasteiger partial charge in [0.1, 0.15) is 5.67 Å². The van der Waals surface area contributed by atoms with E-state index in [9.17, 15) is 0 Å². The fourth-order valence-electron chi connectivity index (χ4n) is 3.19. The summed E-state index contributed by atoms with van der Waals surface area (Å²) in [5.74, 6) is 0. The number of aryl methyl sites for hydroxylation is 1. The van der Waals surface area contributed by atoms with Crippen LogP contribution in [0.1, 0.15) is 35.1 Å². The van der Waals surface area contributed by atoms with Crippen molar-refractivity contribution in [2.75, 3.05) is 13.1 Å². The fraction of sp³-hybridized carbons (Fsp3) is 0.286. The Morgan fingerprint density at radius 2 is 1.67 bits per heavy atom. The fourth-order valence-corrected chi connectivity index (χ4v) is 3.19. The summed E-state index contributed by atoms with van der Waals surface area (Å²) in [6, 6.07) is 17.2. The molecule has 3 rings (SSSR count). The van der Waals surface area contributed by atoms with Crippen LogP contribution in [-0.4, -0.2) is 18.0 Å². The minimum Gasteiger partial charge on any atom is -0.371 e. The lowest BCUT2D eigenvalue weighted by atomic mass is 9.85. The average Bonchev–Trinajstić information content (AvgIpc) is 2.62. The van der Waals surface area contributed by atoms with Gasteiger partial charge >= 0.3 is 0 Å². The van der Waals surface area contributed by atoms with E-state index >= 15 is 4.39 Å². The quantitative estimate of drug-likeness (QED) is 0.812. The largest absolute Gasteiger partial charge is 0.371 e. The summed E-state index contributed by atoms with van der Waals surface area (Å²) < 4.78 is 15.3. The predicted molar refractivity (Wildman–Crippen MR) is 95.0 cm³/mol. The number of nitriles is 1. The van der Waals surface area contributed by atoms with E-state index in [1.165, 1.54) is 5.56 Å². The zero-order valence-corrected chi connectivity index (χ0v) is 13.9. The van der Waals surface area contributed by atoms with Gasteiger partial charge in [-0.1, -0.05) is 48.5 Å². The molecule has 0 aliphatic carbocycles. The van der Waals surface area contributed by atoms with Gasteiger partial charge in [-0.25, -0.2) is 4.39 Å². The van der Waals surface area contributed by atoms with Crippen molar-refractivity contribution in [1.29, 1.82) is 5.26 Å². The number of hydrogen-bond donors (Lipinski definition) is 0. The molecule has 1 saturated heterocycles. The number of halogens is 1. The lowest BCUT2D eigenvalue weighted by Gasteiger charge is -2.38. The van der Waals surface area contributed by atoms with Gasteiger partial charge in [0.05, 0.1) is 11.6 Å². The Bertz CT molecular complexity index is 761. The molecule has 0 aromatic heterocycles. The zero-order chi connectivity index (χ0) is 17.2. The van der Waals surface area contributed by atoms with E-state index in [2.05, 4.69) is 48.7 Å². The molecule has 122 valence electrons. The van der Waals surface area contributed by atoms with Gasteiger partial charge in [-0.2, -0.15) is 5.26 Å². The summed E-state index contributed by atoms with van der Waals surface area (Å²) in [5, 5.41) is 8.86. The Balaban J connectivity index is 1.69. The van der Waals surface area contributed by atoms with Crippen LogP contribution in [0.2, 0.25) is 0 Å². The molecule has 2 nitrogen and oxygen atoms in total. The molecule has 0 radical (unpaired) electrons. The lowest BCUT2D eigenvalue weighted by molar-refractivity contribution is 0.0794. The van der Waals surface area contributed by atoms with Gasteiger partial charge in [0.25, 0.3) is 0 Å². The summed E-state index contributed by atoms with van der Waals surface area (Å²) >= 11 is 0. The van der Waals surface area contributed by atoms with Gasteiger partial charge in [-0.15, -0.1) is 0 Å². The first-order valence-electron chi connectivity index (χ1n) is 8.22. The van der Waals surface area contributed by atoms with Crippen LogP contribution in [0, 0.1) is 18.3 Å². The van der Waals surface area contributed by atoms with Crippen LogP contribution in [0.4, 0.5) is 4.39 Å². The molecular formula is C21H21FN2. The molecule has 1 heterocycles. The lowest BCUT2D eigenvalue weighted by Crippen LogP contribution is -2.39. The highest BCUT2D eigenvalue weighted by molar-refractivity contribution is 5.62. The third-order valence-electron chi connectivity index (χ3n) is 4.85. The molecule has 0 bridgehead atoms. The number of hydrogen-bond acceptors (Lipinski definition) is 2. The van der Waals surface area contributed by atoms with E-state index in [0.717, 1.165) is 11.3 Å². The molecule has 1 aliphatic heterocycles. The van der Waals surface area contributed by atoms with Gasteiger partial charge in [-0.05, 0) is 30.2 Å². The zero-order valence-electron chi connectivity index (χ0n) is 13.9. The number of alkyl halides is 1. The maximum absolute atomic E-state index is 15.3. The Morgan fingerprint density at radius 1 is 1.08 bits per heavy atom. The minimum absolute atomic E-state index is 0.434. The SMILES string of the molecule is C=C(c1ccc(C)cc1)N1CCC(F)(c2ccc(C#N)cc2)CC1. The summed E-state index contributed by atoms with van der Waals surface area (Å²) in [4.78, 5) is 2.16. The van der Waals surface area contributed by atoms with Crippen molar-refractivity contribution in [3.05, 3.63) is 77.4 Å². The normalized spacial score (nSPS) is 16.5. The molecule has 0 N–H and O–H groups in total. The first kappa shape index (κ1) is 16.3. The van der Waals surface area contributed by atoms with Crippen molar-refractivity contribution >= 4 is 5.70 Å². The highest BCUT2D eigenvalue weighted by Gasteiger charge is 2.36. The van der Waals surface area contributed by atoms with Crippen LogP contribution in [0.15, 0.2) is 55.1 Å². The van der Waals surface area contributed by atoms with Crippen molar-refractivity contribution in [3.63, 3.8) is 0 Å². The third kappa shape index (κ3) is 3.19. The Labute approximate surface area is 142 Å². The van der Waals surface area contributed by atoms with Gasteiger partial charge < -0.3 is 4.90 Å².